The first-order valence-electron chi connectivity index (χ1n) is 6.21. The molecule has 1 nitrogen and oxygen atoms in total. The fourth-order valence-electron chi connectivity index (χ4n) is 2.55. The Kier molecular flexibility index (Phi) is 4.25. The molecule has 0 N–H and O–H groups in total. The Morgan fingerprint density at radius 2 is 1.88 bits per heavy atom. The molecule has 1 aliphatic rings. The zero-order chi connectivity index (χ0) is 11.4. The van der Waals surface area contributed by atoms with E-state index in [2.05, 4.69) is 24.1 Å². The second-order valence-electron chi connectivity index (χ2n) is 4.80. The fourth-order valence-corrected chi connectivity index (χ4v) is 2.74. The molecule has 0 aliphatic heterocycles. The van der Waals surface area contributed by atoms with Crippen molar-refractivity contribution in [1.29, 1.82) is 0 Å². The van der Waals surface area contributed by atoms with E-state index in [-0.39, 0.29) is 0 Å². The van der Waals surface area contributed by atoms with Gasteiger partial charge in [-0.25, -0.2) is 0 Å². The predicted octanol–water partition coefficient (Wildman–Crippen LogP) is 4.10. The zero-order valence-corrected chi connectivity index (χ0v) is 10.7. The molecule has 0 radical (unpaired) electrons. The Morgan fingerprint density at radius 1 is 1.19 bits per heavy atom. The van der Waals surface area contributed by atoms with Gasteiger partial charge in [0.1, 0.15) is 0 Å². The normalized spacial score (nSPS) is 17.9. The molecule has 0 bridgehead atoms. The second kappa shape index (κ2) is 5.70. The maximum atomic E-state index is 6.18. The van der Waals surface area contributed by atoms with Crippen molar-refractivity contribution < 1.29 is 0 Å². The third kappa shape index (κ3) is 2.99. The van der Waals surface area contributed by atoms with Crippen LogP contribution in [0.1, 0.15) is 37.7 Å². The van der Waals surface area contributed by atoms with E-state index in [1.807, 2.05) is 12.1 Å². The lowest BCUT2D eigenvalue weighted by atomic mass is 9.94. The van der Waals surface area contributed by atoms with Crippen LogP contribution in [0.3, 0.4) is 0 Å². The SMILES string of the molecule is CN(Cc1ccccc1Cl)C1CCCCC1. The number of hydrogen-bond acceptors (Lipinski definition) is 1. The Hall–Kier alpha value is -0.530. The van der Waals surface area contributed by atoms with Crippen LogP contribution in [0.4, 0.5) is 0 Å². The van der Waals surface area contributed by atoms with E-state index in [0.717, 1.165) is 17.6 Å². The first-order valence-corrected chi connectivity index (χ1v) is 6.59. The Morgan fingerprint density at radius 3 is 2.56 bits per heavy atom. The highest BCUT2D eigenvalue weighted by atomic mass is 35.5. The van der Waals surface area contributed by atoms with Gasteiger partial charge in [0.2, 0.25) is 0 Å². The van der Waals surface area contributed by atoms with Crippen molar-refractivity contribution in [2.45, 2.75) is 44.7 Å². The molecule has 0 spiro atoms. The van der Waals surface area contributed by atoms with Crippen LogP contribution in [0.15, 0.2) is 24.3 Å². The molecule has 0 saturated heterocycles. The van der Waals surface area contributed by atoms with E-state index in [1.165, 1.54) is 37.7 Å². The lowest BCUT2D eigenvalue weighted by molar-refractivity contribution is 0.184. The summed E-state index contributed by atoms with van der Waals surface area (Å²) in [5.74, 6) is 0. The van der Waals surface area contributed by atoms with Gasteiger partial charge in [-0.3, -0.25) is 4.90 Å². The minimum absolute atomic E-state index is 0.755. The molecule has 1 fully saturated rings. The van der Waals surface area contributed by atoms with Crippen LogP contribution in [0.5, 0.6) is 0 Å². The van der Waals surface area contributed by atoms with Gasteiger partial charge in [-0.15, -0.1) is 0 Å². The van der Waals surface area contributed by atoms with E-state index in [1.54, 1.807) is 0 Å². The molecule has 1 aromatic rings. The summed E-state index contributed by atoms with van der Waals surface area (Å²) in [6.07, 6.45) is 6.88. The lowest BCUT2D eigenvalue weighted by Crippen LogP contribution is -2.32. The van der Waals surface area contributed by atoms with Crippen LogP contribution in [-0.4, -0.2) is 18.0 Å². The Bertz CT molecular complexity index is 331. The van der Waals surface area contributed by atoms with Gasteiger partial charge in [-0.1, -0.05) is 49.1 Å². The average Bonchev–Trinajstić information content (AvgIpc) is 2.33. The van der Waals surface area contributed by atoms with Crippen molar-refractivity contribution in [2.75, 3.05) is 7.05 Å². The third-order valence-electron chi connectivity index (χ3n) is 3.58. The summed E-state index contributed by atoms with van der Waals surface area (Å²) < 4.78 is 0. The fraction of sp³-hybridized carbons (Fsp3) is 0.571. The van der Waals surface area contributed by atoms with Crippen LogP contribution >= 0.6 is 11.6 Å². The quantitative estimate of drug-likeness (QED) is 0.765. The average molecular weight is 238 g/mol. The van der Waals surface area contributed by atoms with Crippen molar-refractivity contribution >= 4 is 11.6 Å². The van der Waals surface area contributed by atoms with Gasteiger partial charge < -0.3 is 0 Å². The largest absolute Gasteiger partial charge is 0.299 e. The topological polar surface area (TPSA) is 3.24 Å². The van der Waals surface area contributed by atoms with Crippen LogP contribution in [0, 0.1) is 0 Å². The maximum absolute atomic E-state index is 6.18. The van der Waals surface area contributed by atoms with E-state index in [9.17, 15) is 0 Å². The highest BCUT2D eigenvalue weighted by molar-refractivity contribution is 6.31. The summed E-state index contributed by atoms with van der Waals surface area (Å²) in [4.78, 5) is 2.46. The summed E-state index contributed by atoms with van der Waals surface area (Å²) in [7, 11) is 2.22. The first kappa shape index (κ1) is 11.9. The van der Waals surface area contributed by atoms with Gasteiger partial charge in [0.15, 0.2) is 0 Å². The summed E-state index contributed by atoms with van der Waals surface area (Å²) in [5.41, 5.74) is 1.25. The summed E-state index contributed by atoms with van der Waals surface area (Å²) in [5, 5.41) is 0.894. The van der Waals surface area contributed by atoms with E-state index in [4.69, 9.17) is 11.6 Å². The van der Waals surface area contributed by atoms with Gasteiger partial charge in [0.25, 0.3) is 0 Å². The van der Waals surface area contributed by atoms with Crippen LogP contribution < -0.4 is 0 Å². The molecule has 2 rings (SSSR count). The number of rotatable bonds is 3. The van der Waals surface area contributed by atoms with E-state index >= 15 is 0 Å². The lowest BCUT2D eigenvalue weighted by Gasteiger charge is -2.31. The summed E-state index contributed by atoms with van der Waals surface area (Å²) in [6, 6.07) is 8.92. The summed E-state index contributed by atoms with van der Waals surface area (Å²) in [6.45, 7) is 0.977. The maximum Gasteiger partial charge on any atom is 0.0451 e. The van der Waals surface area contributed by atoms with Crippen LogP contribution in [-0.2, 0) is 6.54 Å². The van der Waals surface area contributed by atoms with Crippen molar-refractivity contribution in [3.05, 3.63) is 34.9 Å². The molecule has 0 aromatic heterocycles. The molecule has 88 valence electrons. The molecule has 0 unspecified atom stereocenters. The third-order valence-corrected chi connectivity index (χ3v) is 3.94. The minimum atomic E-state index is 0.755. The van der Waals surface area contributed by atoms with Gasteiger partial charge in [-0.2, -0.15) is 0 Å². The van der Waals surface area contributed by atoms with E-state index in [0.29, 0.717) is 0 Å². The predicted molar refractivity (Wildman–Crippen MR) is 69.8 cm³/mol. The van der Waals surface area contributed by atoms with Crippen molar-refractivity contribution in [2.24, 2.45) is 0 Å². The molecule has 0 amide bonds. The molecule has 2 heteroatoms. The molecule has 1 aromatic carbocycles. The first-order chi connectivity index (χ1) is 7.77. The standard InChI is InChI=1S/C14H20ClN/c1-16(13-8-3-2-4-9-13)11-12-7-5-6-10-14(12)15/h5-7,10,13H,2-4,8-9,11H2,1H3. The van der Waals surface area contributed by atoms with E-state index < -0.39 is 0 Å². The number of halogens is 1. The molecule has 1 aliphatic carbocycles. The molecular weight excluding hydrogens is 218 g/mol. The zero-order valence-electron chi connectivity index (χ0n) is 9.95. The molecule has 16 heavy (non-hydrogen) atoms. The van der Waals surface area contributed by atoms with Crippen LogP contribution in [0.2, 0.25) is 5.02 Å². The number of hydrogen-bond donors (Lipinski definition) is 0. The smallest absolute Gasteiger partial charge is 0.0451 e. The highest BCUT2D eigenvalue weighted by Gasteiger charge is 2.18. The van der Waals surface area contributed by atoms with Gasteiger partial charge in [0, 0.05) is 17.6 Å². The summed E-state index contributed by atoms with van der Waals surface area (Å²) >= 11 is 6.18. The van der Waals surface area contributed by atoms with Crippen molar-refractivity contribution in [3.8, 4) is 0 Å². The second-order valence-corrected chi connectivity index (χ2v) is 5.21. The molecular formula is C14H20ClN. The van der Waals surface area contributed by atoms with Crippen molar-refractivity contribution in [3.63, 3.8) is 0 Å². The molecule has 0 atom stereocenters. The highest BCUT2D eigenvalue weighted by Crippen LogP contribution is 2.24. The minimum Gasteiger partial charge on any atom is -0.299 e. The number of nitrogens with zero attached hydrogens (tertiary/aromatic N) is 1. The Labute approximate surface area is 103 Å². The Balaban J connectivity index is 1.96. The monoisotopic (exact) mass is 237 g/mol. The number of benzene rings is 1. The van der Waals surface area contributed by atoms with Crippen molar-refractivity contribution in [1.82, 2.24) is 4.90 Å². The van der Waals surface area contributed by atoms with Gasteiger partial charge in [-0.05, 0) is 31.5 Å². The molecule has 0 heterocycles. The van der Waals surface area contributed by atoms with Crippen LogP contribution in [0.25, 0.3) is 0 Å². The van der Waals surface area contributed by atoms with Gasteiger partial charge >= 0.3 is 0 Å². The van der Waals surface area contributed by atoms with Gasteiger partial charge in [0.05, 0.1) is 0 Å². The molecule has 1 saturated carbocycles.